The van der Waals surface area contributed by atoms with Gasteiger partial charge in [-0.25, -0.2) is 0 Å². The van der Waals surface area contributed by atoms with Crippen molar-refractivity contribution in [3.63, 3.8) is 0 Å². The van der Waals surface area contributed by atoms with Crippen molar-refractivity contribution in [2.24, 2.45) is 0 Å². The molecule has 4 nitrogen and oxygen atoms in total. The molecule has 0 aromatic rings. The number of nitrogens with zero attached hydrogens (tertiary/aromatic N) is 4. The molecule has 0 spiro atoms. The van der Waals surface area contributed by atoms with E-state index in [2.05, 4.69) is 0 Å². The van der Waals surface area contributed by atoms with E-state index in [1.807, 2.05) is 0 Å². The van der Waals surface area contributed by atoms with Gasteiger partial charge >= 0.3 is 54.5 Å². The molecular weight excluding hydrogens is 169 g/mol. The molecule has 0 aromatic heterocycles. The predicted octanol–water partition coefficient (Wildman–Crippen LogP) is 0.0646. The van der Waals surface area contributed by atoms with E-state index >= 15 is 0 Å². The Balaban J connectivity index is 4.84. The number of rotatable bonds is 0. The first-order valence-electron chi connectivity index (χ1n) is 2.31. The van der Waals surface area contributed by atoms with Crippen LogP contribution in [0.25, 0.3) is 0 Å². The summed E-state index contributed by atoms with van der Waals surface area (Å²) in [5, 5.41) is 32.6. The van der Waals surface area contributed by atoms with E-state index < -0.39 is 14.8 Å². The number of nitriles is 4. The molecule has 0 fully saturated rings. The summed E-state index contributed by atoms with van der Waals surface area (Å²) >= 11 is -4.25. The first-order chi connectivity index (χ1) is 4.24. The first kappa shape index (κ1) is 7.58. The Bertz CT molecular complexity index is 205. The molecule has 0 bridgehead atoms. The van der Waals surface area contributed by atoms with Crippen LogP contribution in [0.3, 0.4) is 0 Å². The van der Waals surface area contributed by atoms with E-state index in [9.17, 15) is 0 Å². The molecule has 0 aliphatic rings. The van der Waals surface area contributed by atoms with Gasteiger partial charge in [-0.3, -0.25) is 0 Å². The van der Waals surface area contributed by atoms with Crippen molar-refractivity contribution < 1.29 is 14.8 Å². The van der Waals surface area contributed by atoms with Gasteiger partial charge in [-0.15, -0.1) is 0 Å². The van der Waals surface area contributed by atoms with Gasteiger partial charge in [0.05, 0.1) is 0 Å². The number of hydrogen-bond donors (Lipinski definition) is 0. The van der Waals surface area contributed by atoms with Gasteiger partial charge in [0.2, 0.25) is 0 Å². The summed E-state index contributed by atoms with van der Waals surface area (Å²) in [5.74, 6) is 0. The predicted molar refractivity (Wildman–Crippen MR) is 22.5 cm³/mol. The Labute approximate surface area is 55.0 Å². The normalized spacial score (nSPS) is 5.78. The molecule has 0 aromatic carbocycles. The van der Waals surface area contributed by atoms with Crippen LogP contribution in [0.5, 0.6) is 0 Å². The molecule has 0 heterocycles. The molecule has 0 radical (unpaired) electrons. The zero-order chi connectivity index (χ0) is 7.33. The third kappa shape index (κ3) is 1.23. The topological polar surface area (TPSA) is 95.2 Å². The monoisotopic (exact) mass is 168 g/mol. The van der Waals surface area contributed by atoms with Crippen LogP contribution in [0.2, 0.25) is 0 Å². The van der Waals surface area contributed by atoms with Gasteiger partial charge < -0.3 is 0 Å². The minimum atomic E-state index is -4.25. The van der Waals surface area contributed by atoms with Gasteiger partial charge in [-0.05, 0) is 0 Å². The fraction of sp³-hybridized carbons (Fsp3) is 0. The molecule has 9 heavy (non-hydrogen) atoms. The van der Waals surface area contributed by atoms with Crippen LogP contribution < -0.4 is 0 Å². The number of hydrogen-bond acceptors (Lipinski definition) is 4. The van der Waals surface area contributed by atoms with Crippen LogP contribution in [0.1, 0.15) is 0 Å². The Morgan fingerprint density at radius 2 is 0.889 bits per heavy atom. The molecule has 0 aliphatic carbocycles. The molecule has 0 atom stereocenters. The van der Waals surface area contributed by atoms with Gasteiger partial charge in [0.25, 0.3) is 0 Å². The van der Waals surface area contributed by atoms with Crippen molar-refractivity contribution in [3.05, 3.63) is 0 Å². The summed E-state index contributed by atoms with van der Waals surface area (Å²) in [7, 11) is 0. The maximum atomic E-state index is 8.16. The quantitative estimate of drug-likeness (QED) is 0.479. The van der Waals surface area contributed by atoms with E-state index in [4.69, 9.17) is 21.0 Å². The molecular formula is C4N4Zn. The zero-order valence-electron chi connectivity index (χ0n) is 4.50. The fourth-order valence-electron chi connectivity index (χ4n) is 0.212. The summed E-state index contributed by atoms with van der Waals surface area (Å²) in [5.41, 5.74) is 0. The summed E-state index contributed by atoms with van der Waals surface area (Å²) in [6, 6.07) is 0. The van der Waals surface area contributed by atoms with Crippen LogP contribution in [0.15, 0.2) is 0 Å². The molecule has 0 saturated heterocycles. The Morgan fingerprint density at radius 3 is 0.889 bits per heavy atom. The van der Waals surface area contributed by atoms with Gasteiger partial charge in [-0.1, -0.05) is 0 Å². The fourth-order valence-corrected chi connectivity index (χ4v) is 1.10. The standard InChI is InChI=1S/4CN.Zn/c4*1-2;. The van der Waals surface area contributed by atoms with Crippen molar-refractivity contribution in [3.8, 4) is 18.7 Å². The van der Waals surface area contributed by atoms with Crippen molar-refractivity contribution >= 4 is 0 Å². The zero-order valence-corrected chi connectivity index (χ0v) is 7.46. The third-order valence-corrected chi connectivity index (χ3v) is 4.93. The van der Waals surface area contributed by atoms with E-state index in [1.54, 1.807) is 0 Å². The molecule has 0 rings (SSSR count). The van der Waals surface area contributed by atoms with Gasteiger partial charge in [-0.2, -0.15) is 0 Å². The molecule has 0 amide bonds. The minimum absolute atomic E-state index is 1.50. The molecule has 38 valence electrons. The Kier molecular flexibility index (Phi) is 2.35. The third-order valence-electron chi connectivity index (χ3n) is 0.949. The molecule has 0 aliphatic heterocycles. The molecule has 5 heteroatoms. The second-order valence-corrected chi connectivity index (χ2v) is 8.80. The molecule has 0 saturated carbocycles. The van der Waals surface area contributed by atoms with E-state index in [0.29, 0.717) is 0 Å². The van der Waals surface area contributed by atoms with Crippen LogP contribution in [-0.2, 0) is 14.8 Å². The SMILES string of the molecule is N#[C][Zn]([C]#N)([C]#N)[C]#N. The summed E-state index contributed by atoms with van der Waals surface area (Å²) in [4.78, 5) is 0. The molecule has 0 unspecified atom stereocenters. The van der Waals surface area contributed by atoms with Crippen LogP contribution >= 0.6 is 0 Å². The second kappa shape index (κ2) is 2.79. The van der Waals surface area contributed by atoms with Crippen molar-refractivity contribution in [2.45, 2.75) is 0 Å². The summed E-state index contributed by atoms with van der Waals surface area (Å²) in [6.45, 7) is 0. The van der Waals surface area contributed by atoms with Gasteiger partial charge in [0.1, 0.15) is 0 Å². The van der Waals surface area contributed by atoms with Crippen molar-refractivity contribution in [2.75, 3.05) is 0 Å². The second-order valence-electron chi connectivity index (χ2n) is 1.69. The Morgan fingerprint density at radius 1 is 0.667 bits per heavy atom. The van der Waals surface area contributed by atoms with Crippen LogP contribution in [0.4, 0.5) is 0 Å². The van der Waals surface area contributed by atoms with E-state index in [-0.39, 0.29) is 0 Å². The van der Waals surface area contributed by atoms with Crippen LogP contribution in [0, 0.1) is 39.7 Å². The first-order valence-corrected chi connectivity index (χ1v) is 8.24. The summed E-state index contributed by atoms with van der Waals surface area (Å²) < 4.78 is 6.00. The van der Waals surface area contributed by atoms with Crippen molar-refractivity contribution in [1.82, 2.24) is 0 Å². The molecule has 0 N–H and O–H groups in total. The van der Waals surface area contributed by atoms with E-state index in [1.165, 1.54) is 18.7 Å². The summed E-state index contributed by atoms with van der Waals surface area (Å²) in [6.07, 6.45) is 0. The Hall–Kier alpha value is -1.42. The van der Waals surface area contributed by atoms with Gasteiger partial charge in [0.15, 0.2) is 0 Å². The average molecular weight is 169 g/mol. The van der Waals surface area contributed by atoms with Crippen LogP contribution in [-0.4, -0.2) is 0 Å². The van der Waals surface area contributed by atoms with E-state index in [0.717, 1.165) is 0 Å². The van der Waals surface area contributed by atoms with Gasteiger partial charge in [0, 0.05) is 0 Å². The maximum absolute atomic E-state index is 8.16. The van der Waals surface area contributed by atoms with Crippen molar-refractivity contribution in [1.29, 1.82) is 21.0 Å². The average Bonchev–Trinajstić information content (AvgIpc) is 1.95.